The molecule has 2 nitrogen and oxygen atoms in total. The zero-order chi connectivity index (χ0) is 12.5. The predicted octanol–water partition coefficient (Wildman–Crippen LogP) is 3.18. The molecule has 0 amide bonds. The van der Waals surface area contributed by atoms with Crippen molar-refractivity contribution in [2.75, 3.05) is 24.6 Å². The molecule has 1 fully saturated rings. The van der Waals surface area contributed by atoms with Gasteiger partial charge >= 0.3 is 0 Å². The molecule has 0 radical (unpaired) electrons. The second-order valence-corrected chi connectivity index (χ2v) is 5.17. The van der Waals surface area contributed by atoms with Crippen molar-refractivity contribution in [2.45, 2.75) is 25.3 Å². The summed E-state index contributed by atoms with van der Waals surface area (Å²) in [4.78, 5) is 2.14. The Morgan fingerprint density at radius 2 is 2.24 bits per heavy atom. The summed E-state index contributed by atoms with van der Waals surface area (Å²) in [5.41, 5.74) is 1.26. The molecule has 17 heavy (non-hydrogen) atoms. The number of hydrogen-bond donors (Lipinski definition) is 0. The number of anilines is 1. The molecule has 0 N–H and O–H groups in total. The summed E-state index contributed by atoms with van der Waals surface area (Å²) in [6.07, 6.45) is 0. The van der Waals surface area contributed by atoms with Crippen molar-refractivity contribution < 1.29 is 9.13 Å². The third-order valence-electron chi connectivity index (χ3n) is 2.99. The molecule has 1 aliphatic heterocycles. The van der Waals surface area contributed by atoms with Gasteiger partial charge in [-0.15, -0.1) is 11.6 Å². The summed E-state index contributed by atoms with van der Waals surface area (Å²) >= 11 is 5.83. The van der Waals surface area contributed by atoms with E-state index >= 15 is 0 Å². The number of rotatable bonds is 2. The Bertz CT molecular complexity index is 408. The maximum absolute atomic E-state index is 13.7. The highest BCUT2D eigenvalue weighted by atomic mass is 35.5. The van der Waals surface area contributed by atoms with Gasteiger partial charge in [0.2, 0.25) is 0 Å². The minimum Gasteiger partial charge on any atom is -0.372 e. The van der Waals surface area contributed by atoms with Crippen LogP contribution in [0.2, 0.25) is 0 Å². The standard InChI is InChI=1S/C13H17ClFNO/c1-13(2)9-16(6-7-17-13)12-5-3-4-11(15)10(12)8-14/h3-5H,6-9H2,1-2H3. The molecule has 1 aromatic rings. The van der Waals surface area contributed by atoms with Gasteiger partial charge in [0, 0.05) is 24.3 Å². The number of alkyl halides is 1. The minimum absolute atomic E-state index is 0.194. The van der Waals surface area contributed by atoms with Crippen LogP contribution in [0.25, 0.3) is 0 Å². The Morgan fingerprint density at radius 1 is 1.47 bits per heavy atom. The van der Waals surface area contributed by atoms with Gasteiger partial charge in [0.15, 0.2) is 0 Å². The molecule has 0 aliphatic carbocycles. The summed E-state index contributed by atoms with van der Waals surface area (Å²) in [5, 5.41) is 0. The highest BCUT2D eigenvalue weighted by Crippen LogP contribution is 2.28. The fourth-order valence-electron chi connectivity index (χ4n) is 2.20. The van der Waals surface area contributed by atoms with Crippen LogP contribution in [-0.2, 0) is 10.6 Å². The first-order valence-electron chi connectivity index (χ1n) is 5.76. The zero-order valence-electron chi connectivity index (χ0n) is 10.2. The van der Waals surface area contributed by atoms with Crippen LogP contribution in [0.3, 0.4) is 0 Å². The highest BCUT2D eigenvalue weighted by molar-refractivity contribution is 6.17. The lowest BCUT2D eigenvalue weighted by molar-refractivity contribution is -0.0277. The third-order valence-corrected chi connectivity index (χ3v) is 3.26. The molecule has 0 atom stereocenters. The molecule has 0 spiro atoms. The summed E-state index contributed by atoms with van der Waals surface area (Å²) in [7, 11) is 0. The second kappa shape index (κ2) is 4.83. The van der Waals surface area contributed by atoms with Crippen molar-refractivity contribution in [1.29, 1.82) is 0 Å². The van der Waals surface area contributed by atoms with Crippen LogP contribution >= 0.6 is 11.6 Å². The van der Waals surface area contributed by atoms with Crippen molar-refractivity contribution in [1.82, 2.24) is 0 Å². The van der Waals surface area contributed by atoms with Crippen LogP contribution < -0.4 is 4.90 Å². The van der Waals surface area contributed by atoms with Crippen LogP contribution in [0.5, 0.6) is 0 Å². The molecule has 0 aromatic heterocycles. The van der Waals surface area contributed by atoms with Crippen LogP contribution in [0.15, 0.2) is 18.2 Å². The fraction of sp³-hybridized carbons (Fsp3) is 0.538. The van der Waals surface area contributed by atoms with E-state index in [1.165, 1.54) is 6.07 Å². The van der Waals surface area contributed by atoms with Gasteiger partial charge in [-0.2, -0.15) is 0 Å². The van der Waals surface area contributed by atoms with Crippen molar-refractivity contribution in [3.05, 3.63) is 29.6 Å². The van der Waals surface area contributed by atoms with Crippen LogP contribution in [0.4, 0.5) is 10.1 Å². The summed E-state index contributed by atoms with van der Waals surface area (Å²) < 4.78 is 19.3. The molecule has 1 heterocycles. The van der Waals surface area contributed by atoms with E-state index in [4.69, 9.17) is 16.3 Å². The van der Waals surface area contributed by atoms with E-state index in [1.54, 1.807) is 6.07 Å². The van der Waals surface area contributed by atoms with Gasteiger partial charge in [0.05, 0.1) is 18.1 Å². The van der Waals surface area contributed by atoms with E-state index in [-0.39, 0.29) is 17.3 Å². The van der Waals surface area contributed by atoms with Crippen molar-refractivity contribution in [2.24, 2.45) is 0 Å². The van der Waals surface area contributed by atoms with E-state index in [0.29, 0.717) is 12.2 Å². The molecule has 1 saturated heterocycles. The molecule has 2 rings (SSSR count). The van der Waals surface area contributed by atoms with Crippen molar-refractivity contribution in [3.8, 4) is 0 Å². The normalized spacial score (nSPS) is 19.4. The molecule has 4 heteroatoms. The second-order valence-electron chi connectivity index (χ2n) is 4.90. The third kappa shape index (κ3) is 2.72. The van der Waals surface area contributed by atoms with Gasteiger partial charge in [0.25, 0.3) is 0 Å². The average molecular weight is 258 g/mol. The van der Waals surface area contributed by atoms with Crippen LogP contribution in [0.1, 0.15) is 19.4 Å². The number of benzene rings is 1. The molecule has 1 aliphatic rings. The van der Waals surface area contributed by atoms with E-state index in [0.717, 1.165) is 18.8 Å². The van der Waals surface area contributed by atoms with E-state index in [2.05, 4.69) is 4.90 Å². The Kier molecular flexibility index (Phi) is 3.59. The number of nitrogens with zero attached hydrogens (tertiary/aromatic N) is 1. The van der Waals surface area contributed by atoms with Gasteiger partial charge in [-0.05, 0) is 26.0 Å². The largest absolute Gasteiger partial charge is 0.372 e. The lowest BCUT2D eigenvalue weighted by Gasteiger charge is -2.40. The van der Waals surface area contributed by atoms with Gasteiger partial charge < -0.3 is 9.64 Å². The lowest BCUT2D eigenvalue weighted by Crippen LogP contribution is -2.48. The van der Waals surface area contributed by atoms with Gasteiger partial charge in [-0.3, -0.25) is 0 Å². The number of morpholine rings is 1. The molecule has 94 valence electrons. The first-order valence-corrected chi connectivity index (χ1v) is 6.29. The molecule has 0 bridgehead atoms. The maximum atomic E-state index is 13.7. The molecule has 1 aromatic carbocycles. The van der Waals surface area contributed by atoms with E-state index in [9.17, 15) is 4.39 Å². The number of hydrogen-bond acceptors (Lipinski definition) is 2. The summed E-state index contributed by atoms with van der Waals surface area (Å²) in [5.74, 6) is -0.0402. The minimum atomic E-state index is -0.234. The fourth-order valence-corrected chi connectivity index (χ4v) is 2.46. The van der Waals surface area contributed by atoms with Gasteiger partial charge in [-0.25, -0.2) is 4.39 Å². The smallest absolute Gasteiger partial charge is 0.129 e. The molecule has 0 saturated carbocycles. The molecule has 0 unspecified atom stereocenters. The van der Waals surface area contributed by atoms with E-state index < -0.39 is 0 Å². The maximum Gasteiger partial charge on any atom is 0.129 e. The van der Waals surface area contributed by atoms with Crippen LogP contribution in [-0.4, -0.2) is 25.3 Å². The summed E-state index contributed by atoms with van der Waals surface area (Å²) in [6.45, 7) is 6.26. The lowest BCUT2D eigenvalue weighted by atomic mass is 10.1. The Labute approximate surface area is 106 Å². The average Bonchev–Trinajstić information content (AvgIpc) is 2.27. The first-order chi connectivity index (χ1) is 8.03. The van der Waals surface area contributed by atoms with Crippen molar-refractivity contribution in [3.63, 3.8) is 0 Å². The van der Waals surface area contributed by atoms with Gasteiger partial charge in [0.1, 0.15) is 5.82 Å². The Hall–Kier alpha value is -0.800. The monoisotopic (exact) mass is 257 g/mol. The van der Waals surface area contributed by atoms with Gasteiger partial charge in [-0.1, -0.05) is 6.07 Å². The highest BCUT2D eigenvalue weighted by Gasteiger charge is 2.28. The predicted molar refractivity (Wildman–Crippen MR) is 68.2 cm³/mol. The quantitative estimate of drug-likeness (QED) is 0.755. The van der Waals surface area contributed by atoms with E-state index in [1.807, 2.05) is 19.9 Å². The Balaban J connectivity index is 2.30. The number of halogens is 2. The molecular weight excluding hydrogens is 241 g/mol. The Morgan fingerprint density at radius 3 is 2.88 bits per heavy atom. The first kappa shape index (κ1) is 12.7. The SMILES string of the molecule is CC1(C)CN(c2cccc(F)c2CCl)CCO1. The summed E-state index contributed by atoms with van der Waals surface area (Å²) in [6, 6.07) is 5.10. The topological polar surface area (TPSA) is 12.5 Å². The van der Waals surface area contributed by atoms with Crippen LogP contribution in [0, 0.1) is 5.82 Å². The molecular formula is C13H17ClFNO. The zero-order valence-corrected chi connectivity index (χ0v) is 10.9. The van der Waals surface area contributed by atoms with Crippen molar-refractivity contribution >= 4 is 17.3 Å². The number of ether oxygens (including phenoxy) is 1.